The maximum Gasteiger partial charge on any atom is 0.338 e. The molecule has 0 amide bonds. The van der Waals surface area contributed by atoms with Gasteiger partial charge in [-0.15, -0.1) is 0 Å². The zero-order valence-electron chi connectivity index (χ0n) is 17.9. The van der Waals surface area contributed by atoms with Crippen molar-refractivity contribution in [1.29, 1.82) is 0 Å². The third-order valence-electron chi connectivity index (χ3n) is 5.86. The average molecular weight is 424 g/mol. The zero-order valence-corrected chi connectivity index (χ0v) is 17.9. The van der Waals surface area contributed by atoms with Gasteiger partial charge in [-0.1, -0.05) is 13.3 Å². The van der Waals surface area contributed by atoms with Crippen LogP contribution in [0.15, 0.2) is 11.1 Å². The molecular formula is C21H28O9. The van der Waals surface area contributed by atoms with Crippen LogP contribution in [-0.2, 0) is 42.9 Å². The Morgan fingerprint density at radius 1 is 1.10 bits per heavy atom. The number of rotatable bonds is 4. The fourth-order valence-electron chi connectivity index (χ4n) is 4.35. The van der Waals surface area contributed by atoms with Gasteiger partial charge >= 0.3 is 23.9 Å². The number of fused-ring (bicyclic) bond motifs is 2. The minimum absolute atomic E-state index is 0.0872. The van der Waals surface area contributed by atoms with Gasteiger partial charge in [-0.2, -0.15) is 0 Å². The summed E-state index contributed by atoms with van der Waals surface area (Å²) in [6.07, 6.45) is -0.875. The summed E-state index contributed by atoms with van der Waals surface area (Å²) in [5.74, 6) is -2.46. The number of carbonyl (C=O) groups is 4. The maximum absolute atomic E-state index is 12.7. The first-order valence-corrected chi connectivity index (χ1v) is 10.1. The van der Waals surface area contributed by atoms with Crippen LogP contribution in [-0.4, -0.2) is 60.5 Å². The van der Waals surface area contributed by atoms with Crippen molar-refractivity contribution in [2.45, 2.75) is 83.9 Å². The van der Waals surface area contributed by atoms with Gasteiger partial charge in [0.1, 0.15) is 18.8 Å². The van der Waals surface area contributed by atoms with Crippen LogP contribution in [0.5, 0.6) is 0 Å². The molecule has 0 spiro atoms. The Morgan fingerprint density at radius 3 is 2.37 bits per heavy atom. The van der Waals surface area contributed by atoms with E-state index in [1.807, 2.05) is 13.8 Å². The van der Waals surface area contributed by atoms with Gasteiger partial charge in [0.05, 0.1) is 11.2 Å². The first-order valence-electron chi connectivity index (χ1n) is 10.1. The van der Waals surface area contributed by atoms with E-state index in [1.54, 1.807) is 0 Å². The molecule has 0 unspecified atom stereocenters. The third-order valence-corrected chi connectivity index (χ3v) is 5.86. The van der Waals surface area contributed by atoms with E-state index in [-0.39, 0.29) is 18.1 Å². The number of epoxide rings is 1. The lowest BCUT2D eigenvalue weighted by Gasteiger charge is -2.32. The van der Waals surface area contributed by atoms with Gasteiger partial charge in [0, 0.05) is 26.3 Å². The van der Waals surface area contributed by atoms with Crippen LogP contribution in [0.2, 0.25) is 0 Å². The summed E-state index contributed by atoms with van der Waals surface area (Å²) >= 11 is 0. The second-order valence-corrected chi connectivity index (χ2v) is 8.36. The van der Waals surface area contributed by atoms with Crippen molar-refractivity contribution in [1.82, 2.24) is 0 Å². The highest BCUT2D eigenvalue weighted by molar-refractivity contribution is 5.93. The molecule has 2 heterocycles. The van der Waals surface area contributed by atoms with Gasteiger partial charge in [0.25, 0.3) is 0 Å². The molecule has 0 aromatic heterocycles. The molecule has 30 heavy (non-hydrogen) atoms. The Labute approximate surface area is 175 Å². The van der Waals surface area contributed by atoms with Crippen LogP contribution in [0.25, 0.3) is 0 Å². The molecule has 0 N–H and O–H groups in total. The Balaban J connectivity index is 2.10. The number of carbonyl (C=O) groups excluding carboxylic acids is 4. The molecule has 1 saturated carbocycles. The highest BCUT2D eigenvalue weighted by atomic mass is 16.6. The van der Waals surface area contributed by atoms with Crippen molar-refractivity contribution in [3.8, 4) is 0 Å². The van der Waals surface area contributed by atoms with Gasteiger partial charge < -0.3 is 23.7 Å². The van der Waals surface area contributed by atoms with Crippen LogP contribution < -0.4 is 0 Å². The molecule has 2 fully saturated rings. The SMILES string of the molecule is CC(=O)OCC1=C2[C@H](OC1=O)[C@@H](OC(C)=O)[C@H](C)CCC[C@@]1(C)O[C@@H]1[C@H]2OC(C)=O. The summed E-state index contributed by atoms with van der Waals surface area (Å²) in [5, 5.41) is 0. The molecule has 0 aromatic carbocycles. The Hall–Kier alpha value is -2.42. The smallest absolute Gasteiger partial charge is 0.338 e. The molecule has 1 aliphatic carbocycles. The van der Waals surface area contributed by atoms with E-state index in [4.69, 9.17) is 23.7 Å². The Morgan fingerprint density at radius 2 is 1.77 bits per heavy atom. The van der Waals surface area contributed by atoms with Crippen molar-refractivity contribution in [3.63, 3.8) is 0 Å². The van der Waals surface area contributed by atoms with Crippen LogP contribution in [0, 0.1) is 5.92 Å². The second kappa shape index (κ2) is 8.37. The maximum atomic E-state index is 12.7. The molecule has 0 aromatic rings. The molecule has 1 saturated heterocycles. The monoisotopic (exact) mass is 424 g/mol. The van der Waals surface area contributed by atoms with Gasteiger partial charge in [0.15, 0.2) is 12.2 Å². The Kier molecular flexibility index (Phi) is 6.21. The largest absolute Gasteiger partial charge is 0.461 e. The fraction of sp³-hybridized carbons (Fsp3) is 0.714. The molecular weight excluding hydrogens is 396 g/mol. The lowest BCUT2D eigenvalue weighted by atomic mass is 9.82. The van der Waals surface area contributed by atoms with E-state index in [9.17, 15) is 19.2 Å². The molecule has 6 atom stereocenters. The van der Waals surface area contributed by atoms with Crippen LogP contribution >= 0.6 is 0 Å². The zero-order chi connectivity index (χ0) is 22.2. The lowest BCUT2D eigenvalue weighted by molar-refractivity contribution is -0.164. The minimum Gasteiger partial charge on any atom is -0.461 e. The number of hydrogen-bond acceptors (Lipinski definition) is 9. The second-order valence-electron chi connectivity index (χ2n) is 8.36. The van der Waals surface area contributed by atoms with Crippen molar-refractivity contribution in [3.05, 3.63) is 11.1 Å². The molecule has 2 aliphatic heterocycles. The van der Waals surface area contributed by atoms with E-state index in [2.05, 4.69) is 0 Å². The average Bonchev–Trinajstić information content (AvgIpc) is 3.18. The van der Waals surface area contributed by atoms with Crippen LogP contribution in [0.3, 0.4) is 0 Å². The quantitative estimate of drug-likeness (QED) is 0.377. The predicted molar refractivity (Wildman–Crippen MR) is 101 cm³/mol. The molecule has 0 radical (unpaired) electrons. The first kappa shape index (κ1) is 22.3. The number of hydrogen-bond donors (Lipinski definition) is 0. The summed E-state index contributed by atoms with van der Waals surface area (Å²) < 4.78 is 27.7. The summed E-state index contributed by atoms with van der Waals surface area (Å²) in [6.45, 7) is 7.30. The number of ether oxygens (including phenoxy) is 5. The summed E-state index contributed by atoms with van der Waals surface area (Å²) in [6, 6.07) is 0. The minimum atomic E-state index is -0.960. The Bertz CT molecular complexity index is 785. The first-order chi connectivity index (χ1) is 14.0. The third kappa shape index (κ3) is 4.50. The van der Waals surface area contributed by atoms with E-state index in [0.717, 1.165) is 19.3 Å². The van der Waals surface area contributed by atoms with Crippen molar-refractivity contribution in [2.75, 3.05) is 6.61 Å². The molecule has 3 rings (SSSR count). The molecule has 3 aliphatic rings. The number of esters is 4. The van der Waals surface area contributed by atoms with Gasteiger partial charge in [-0.05, 0) is 25.7 Å². The summed E-state index contributed by atoms with van der Waals surface area (Å²) in [5.41, 5.74) is -0.0847. The van der Waals surface area contributed by atoms with Crippen molar-refractivity contribution in [2.24, 2.45) is 5.92 Å². The fourth-order valence-corrected chi connectivity index (χ4v) is 4.35. The topological polar surface area (TPSA) is 118 Å². The summed E-state index contributed by atoms with van der Waals surface area (Å²) in [4.78, 5) is 47.8. The molecule has 0 bridgehead atoms. The van der Waals surface area contributed by atoms with Gasteiger partial charge in [-0.25, -0.2) is 4.79 Å². The van der Waals surface area contributed by atoms with E-state index in [1.165, 1.54) is 20.8 Å². The molecule has 9 heteroatoms. The van der Waals surface area contributed by atoms with E-state index < -0.39 is 53.9 Å². The normalized spacial score (nSPS) is 35.5. The highest BCUT2D eigenvalue weighted by Crippen LogP contribution is 2.49. The van der Waals surface area contributed by atoms with Crippen molar-refractivity contribution < 1.29 is 42.9 Å². The predicted octanol–water partition coefficient (Wildman–Crippen LogP) is 1.61. The molecule has 9 nitrogen and oxygen atoms in total. The van der Waals surface area contributed by atoms with E-state index in [0.29, 0.717) is 5.57 Å². The molecule has 166 valence electrons. The van der Waals surface area contributed by atoms with E-state index >= 15 is 0 Å². The van der Waals surface area contributed by atoms with Crippen LogP contribution in [0.1, 0.15) is 53.9 Å². The highest BCUT2D eigenvalue weighted by Gasteiger charge is 2.62. The standard InChI is InChI=1S/C21H28O9/c1-10-7-6-8-21(5)19(30-21)18(28-13(4)24)15-14(9-26-11(2)22)20(25)29-17(15)16(10)27-12(3)23/h10,16-19H,6-9H2,1-5H3/t10-,16+,17+,18+,19-,21-/m1/s1. The lowest BCUT2D eigenvalue weighted by Crippen LogP contribution is -2.44. The summed E-state index contributed by atoms with van der Waals surface area (Å²) in [7, 11) is 0. The van der Waals surface area contributed by atoms with Crippen molar-refractivity contribution >= 4 is 23.9 Å². The van der Waals surface area contributed by atoms with Gasteiger partial charge in [0.2, 0.25) is 0 Å². The van der Waals surface area contributed by atoms with Gasteiger partial charge in [-0.3, -0.25) is 14.4 Å². The van der Waals surface area contributed by atoms with Crippen LogP contribution in [0.4, 0.5) is 0 Å².